The summed E-state index contributed by atoms with van der Waals surface area (Å²) in [5, 5.41) is 7.06. The summed E-state index contributed by atoms with van der Waals surface area (Å²) in [7, 11) is 3.88. The van der Waals surface area contributed by atoms with Gasteiger partial charge < -0.3 is 27.0 Å². The third kappa shape index (κ3) is 8.76. The summed E-state index contributed by atoms with van der Waals surface area (Å²) in [6.07, 6.45) is 2.57. The van der Waals surface area contributed by atoms with Crippen LogP contribution in [0, 0.1) is 0 Å². The number of amidine groups is 1. The van der Waals surface area contributed by atoms with Gasteiger partial charge in [-0.15, -0.1) is 0 Å². The van der Waals surface area contributed by atoms with Crippen molar-refractivity contribution < 1.29 is 19.2 Å². The second-order valence-corrected chi connectivity index (χ2v) is 10.7. The Balaban J connectivity index is 1.44. The summed E-state index contributed by atoms with van der Waals surface area (Å²) in [6, 6.07) is 19.0. The van der Waals surface area contributed by atoms with E-state index in [2.05, 4.69) is 15.6 Å². The Morgan fingerprint density at radius 1 is 0.909 bits per heavy atom. The number of nitrogen functional groups attached to an aromatic ring is 1. The van der Waals surface area contributed by atoms with Gasteiger partial charge in [0.25, 0.3) is 17.7 Å². The summed E-state index contributed by atoms with van der Waals surface area (Å²) in [5.74, 6) is -0.581. The van der Waals surface area contributed by atoms with Gasteiger partial charge in [-0.1, -0.05) is 25.1 Å². The van der Waals surface area contributed by atoms with Crippen molar-refractivity contribution in [3.63, 3.8) is 0 Å². The van der Waals surface area contributed by atoms with Crippen molar-refractivity contribution in [1.29, 1.82) is 0 Å². The molecule has 0 radical (unpaired) electrons. The Morgan fingerprint density at radius 3 is 2.30 bits per heavy atom. The van der Waals surface area contributed by atoms with E-state index < -0.39 is 0 Å². The van der Waals surface area contributed by atoms with Crippen LogP contribution in [0.25, 0.3) is 6.08 Å². The molecule has 0 saturated heterocycles. The summed E-state index contributed by atoms with van der Waals surface area (Å²) in [6.45, 7) is 3.85. The molecule has 6 N–H and O–H groups in total. The van der Waals surface area contributed by atoms with Crippen LogP contribution in [0.3, 0.4) is 0 Å². The molecule has 1 aliphatic rings. The highest BCUT2D eigenvalue weighted by atomic mass is 16.7. The molecule has 11 nitrogen and oxygen atoms in total. The Bertz CT molecular complexity index is 1550. The van der Waals surface area contributed by atoms with Gasteiger partial charge in [0, 0.05) is 59.7 Å². The normalized spacial score (nSPS) is 12.5. The number of rotatable bonds is 12. The summed E-state index contributed by atoms with van der Waals surface area (Å²) in [5.41, 5.74) is 16.5. The molecule has 0 aromatic heterocycles. The number of nitrogens with two attached hydrogens (primary N) is 2. The molecule has 0 unspecified atom stereocenters. The van der Waals surface area contributed by atoms with Crippen molar-refractivity contribution in [3.8, 4) is 0 Å². The van der Waals surface area contributed by atoms with Crippen molar-refractivity contribution in [1.82, 2.24) is 15.3 Å². The highest BCUT2D eigenvalue weighted by Crippen LogP contribution is 2.29. The van der Waals surface area contributed by atoms with Crippen LogP contribution >= 0.6 is 0 Å². The monoisotopic (exact) mass is 597 g/mol. The number of anilines is 2. The van der Waals surface area contributed by atoms with Crippen LogP contribution in [-0.2, 0) is 16.2 Å². The fourth-order valence-corrected chi connectivity index (χ4v) is 4.43. The zero-order valence-electron chi connectivity index (χ0n) is 25.3. The fraction of sp³-hybridized carbons (Fsp3) is 0.273. The molecule has 44 heavy (non-hydrogen) atoms. The Hall–Kier alpha value is -5.00. The van der Waals surface area contributed by atoms with E-state index in [-0.39, 0.29) is 36.6 Å². The molecule has 1 heterocycles. The maximum atomic E-state index is 13.5. The maximum Gasteiger partial charge on any atom is 0.273 e. The average molecular weight is 598 g/mol. The Kier molecular flexibility index (Phi) is 10.8. The predicted molar refractivity (Wildman–Crippen MR) is 173 cm³/mol. The molecule has 0 bridgehead atoms. The smallest absolute Gasteiger partial charge is 0.273 e. The molecule has 3 amide bonds. The number of nitrogens with one attached hydrogen (secondary N) is 2. The van der Waals surface area contributed by atoms with Gasteiger partial charge in [0.05, 0.1) is 5.69 Å². The molecule has 0 aliphatic carbocycles. The summed E-state index contributed by atoms with van der Waals surface area (Å²) < 4.78 is 0. The first-order valence-electron chi connectivity index (χ1n) is 14.4. The first-order valence-corrected chi connectivity index (χ1v) is 14.4. The molecule has 3 aromatic carbocycles. The lowest BCUT2D eigenvalue weighted by atomic mass is 10.0. The van der Waals surface area contributed by atoms with Crippen LogP contribution in [-0.4, -0.2) is 67.2 Å². The fourth-order valence-electron chi connectivity index (χ4n) is 4.43. The molecule has 3 aromatic rings. The number of carbonyl (C=O) groups is 3. The molecular formula is C33H39N7O4. The number of hydroxylamine groups is 2. The van der Waals surface area contributed by atoms with Crippen LogP contribution in [0.1, 0.15) is 51.6 Å². The van der Waals surface area contributed by atoms with Gasteiger partial charge in [-0.25, -0.2) is 10.1 Å². The Morgan fingerprint density at radius 2 is 1.61 bits per heavy atom. The lowest BCUT2D eigenvalue weighted by molar-refractivity contribution is -0.187. The third-order valence-electron chi connectivity index (χ3n) is 6.80. The number of benzene rings is 3. The van der Waals surface area contributed by atoms with E-state index in [1.54, 1.807) is 60.7 Å². The Labute approximate surface area is 257 Å². The number of likely N-dealkylation sites (N-methyl/N-ethyl adjacent to an activating group) is 1. The molecule has 11 heteroatoms. The van der Waals surface area contributed by atoms with E-state index >= 15 is 0 Å². The zero-order chi connectivity index (χ0) is 31.6. The summed E-state index contributed by atoms with van der Waals surface area (Å²) in [4.78, 5) is 51.3. The highest BCUT2D eigenvalue weighted by Gasteiger charge is 2.23. The number of amides is 3. The van der Waals surface area contributed by atoms with Crippen molar-refractivity contribution in [2.45, 2.75) is 26.4 Å². The third-order valence-corrected chi connectivity index (χ3v) is 6.80. The first kappa shape index (κ1) is 31.9. The van der Waals surface area contributed by atoms with Gasteiger partial charge in [-0.3, -0.25) is 19.2 Å². The van der Waals surface area contributed by atoms with Crippen LogP contribution < -0.4 is 22.1 Å². The number of hydrogen-bond acceptors (Lipinski definition) is 8. The van der Waals surface area contributed by atoms with E-state index in [1.165, 1.54) is 5.06 Å². The van der Waals surface area contributed by atoms with E-state index in [0.29, 0.717) is 58.8 Å². The standard InChI is InChI=1S/C33H39N7O4/c1-4-16-40(44-21-22-5-11-27(34)12-6-22)33(43)26-18-24-7-8-25(19-29(24)38-30(35)20-26)32(42)37-28-13-9-23(10-14-28)31(41)36-15-17-39(2)3/h5-14,18-19H,4,15-17,20-21,34H2,1-3H3,(H2,35,38)(H,36,41)(H,37,42). The van der Waals surface area contributed by atoms with Crippen molar-refractivity contribution >= 4 is 46.7 Å². The molecule has 0 atom stereocenters. The molecule has 1 aliphatic heterocycles. The lowest BCUT2D eigenvalue weighted by Gasteiger charge is -2.22. The minimum atomic E-state index is -0.348. The number of fused-ring (bicyclic) bond motifs is 1. The van der Waals surface area contributed by atoms with Crippen molar-refractivity contribution in [3.05, 3.63) is 94.6 Å². The van der Waals surface area contributed by atoms with Gasteiger partial charge in [-0.2, -0.15) is 0 Å². The van der Waals surface area contributed by atoms with Gasteiger partial charge in [-0.05, 0) is 80.7 Å². The molecule has 0 spiro atoms. The topological polar surface area (TPSA) is 155 Å². The van der Waals surface area contributed by atoms with Crippen molar-refractivity contribution in [2.24, 2.45) is 10.7 Å². The van der Waals surface area contributed by atoms with Crippen molar-refractivity contribution in [2.75, 3.05) is 44.8 Å². The zero-order valence-corrected chi connectivity index (χ0v) is 25.3. The predicted octanol–water partition coefficient (Wildman–Crippen LogP) is 3.96. The first-order chi connectivity index (χ1) is 21.1. The van der Waals surface area contributed by atoms with Crippen LogP contribution in [0.5, 0.6) is 0 Å². The largest absolute Gasteiger partial charge is 0.399 e. The molecule has 4 rings (SSSR count). The van der Waals surface area contributed by atoms with Crippen LogP contribution in [0.2, 0.25) is 0 Å². The van der Waals surface area contributed by atoms with Gasteiger partial charge in [0.2, 0.25) is 0 Å². The van der Waals surface area contributed by atoms with Gasteiger partial charge in [0.1, 0.15) is 12.4 Å². The highest BCUT2D eigenvalue weighted by molar-refractivity contribution is 6.08. The number of nitrogens with zero attached hydrogens (tertiary/aromatic N) is 3. The lowest BCUT2D eigenvalue weighted by Crippen LogP contribution is -2.34. The average Bonchev–Trinajstić information content (AvgIpc) is 3.17. The SMILES string of the molecule is CCCN(OCc1ccc(N)cc1)C(=O)C1=Cc2ccc(C(=O)Nc3ccc(C(=O)NCCN(C)C)cc3)cc2N=C(N)C1. The molecular weight excluding hydrogens is 558 g/mol. The van der Waals surface area contributed by atoms with E-state index in [0.717, 1.165) is 12.1 Å². The van der Waals surface area contributed by atoms with E-state index in [9.17, 15) is 14.4 Å². The van der Waals surface area contributed by atoms with Gasteiger partial charge in [0.15, 0.2) is 0 Å². The van der Waals surface area contributed by atoms with E-state index in [4.69, 9.17) is 16.3 Å². The number of carbonyl (C=O) groups excluding carboxylic acids is 3. The molecule has 0 fully saturated rings. The van der Waals surface area contributed by atoms with Gasteiger partial charge >= 0.3 is 0 Å². The molecule has 0 saturated carbocycles. The number of hydrogen-bond donors (Lipinski definition) is 4. The minimum Gasteiger partial charge on any atom is -0.399 e. The van der Waals surface area contributed by atoms with E-state index in [1.807, 2.05) is 38.1 Å². The minimum absolute atomic E-state index is 0.134. The maximum absolute atomic E-state index is 13.5. The van der Waals surface area contributed by atoms with Crippen LogP contribution in [0.4, 0.5) is 17.1 Å². The summed E-state index contributed by atoms with van der Waals surface area (Å²) >= 11 is 0. The number of aliphatic imine (C=N–C) groups is 1. The second kappa shape index (κ2) is 14.9. The molecule has 230 valence electrons. The van der Waals surface area contributed by atoms with Crippen LogP contribution in [0.15, 0.2) is 77.3 Å². The quantitative estimate of drug-likeness (QED) is 0.182. The second-order valence-electron chi connectivity index (χ2n) is 10.7.